The van der Waals surface area contributed by atoms with Gasteiger partial charge in [0, 0.05) is 6.42 Å². The molecule has 1 N–H and O–H groups in total. The van der Waals surface area contributed by atoms with E-state index in [0.29, 0.717) is 0 Å². The highest BCUT2D eigenvalue weighted by Crippen LogP contribution is 2.17. The van der Waals surface area contributed by atoms with Crippen LogP contribution in [-0.2, 0) is 0 Å². The molecule has 0 aliphatic rings. The minimum absolute atomic E-state index is 0.729. The first-order chi connectivity index (χ1) is 7.37. The molecular formula is C12H26F3N. The summed E-state index contributed by atoms with van der Waals surface area (Å²) in [6.07, 6.45) is -0.794. The Balaban J connectivity index is 0. The van der Waals surface area contributed by atoms with Crippen LogP contribution in [0.3, 0.4) is 0 Å². The van der Waals surface area contributed by atoms with Crippen LogP contribution in [-0.4, -0.2) is 19.3 Å². The molecule has 0 amide bonds. The molecule has 0 saturated carbocycles. The second kappa shape index (κ2) is 11.2. The van der Waals surface area contributed by atoms with E-state index in [-0.39, 0.29) is 0 Å². The Hall–Kier alpha value is -0.250. The maximum absolute atomic E-state index is 10.8. The summed E-state index contributed by atoms with van der Waals surface area (Å²) < 4.78 is 32.4. The highest BCUT2D eigenvalue weighted by atomic mass is 19.4. The zero-order chi connectivity index (χ0) is 13.0. The molecule has 0 aromatic heterocycles. The molecule has 100 valence electrons. The average Bonchev–Trinajstić information content (AvgIpc) is 2.24. The van der Waals surface area contributed by atoms with E-state index >= 15 is 0 Å². The summed E-state index contributed by atoms with van der Waals surface area (Å²) in [6.45, 7) is 10.2. The van der Waals surface area contributed by atoms with Gasteiger partial charge in [-0.05, 0) is 31.8 Å². The van der Waals surface area contributed by atoms with Gasteiger partial charge in [-0.1, -0.05) is 34.1 Å². The zero-order valence-corrected chi connectivity index (χ0v) is 11.0. The Morgan fingerprint density at radius 2 is 1.56 bits per heavy atom. The van der Waals surface area contributed by atoms with Gasteiger partial charge in [-0.25, -0.2) is 0 Å². The van der Waals surface area contributed by atoms with Crippen molar-refractivity contribution in [2.75, 3.05) is 13.1 Å². The number of hydrogen-bond donors (Lipinski definition) is 1. The number of hydrogen-bond acceptors (Lipinski definition) is 1. The normalized spacial score (nSPS) is 12.9. The largest absolute Gasteiger partial charge is 0.388 e. The Morgan fingerprint density at radius 1 is 1.06 bits per heavy atom. The van der Waals surface area contributed by atoms with Crippen molar-refractivity contribution < 1.29 is 13.2 Å². The van der Waals surface area contributed by atoms with E-state index in [1.165, 1.54) is 32.4 Å². The first-order valence-corrected chi connectivity index (χ1v) is 6.14. The van der Waals surface area contributed by atoms with Crippen molar-refractivity contribution in [2.24, 2.45) is 5.92 Å². The van der Waals surface area contributed by atoms with Crippen molar-refractivity contribution in [1.82, 2.24) is 5.32 Å². The van der Waals surface area contributed by atoms with E-state index < -0.39 is 12.6 Å². The standard InChI is InChI=1S/C9H21N.C3H5F3/c1-4-7-10-8-6-9(3)5-2;1-2-3(4,5)6/h9-10H,4-8H2,1-3H3;2H2,1H3. The lowest BCUT2D eigenvalue weighted by molar-refractivity contribution is -0.130. The van der Waals surface area contributed by atoms with Crippen molar-refractivity contribution in [2.45, 2.75) is 59.6 Å². The number of alkyl halides is 3. The van der Waals surface area contributed by atoms with E-state index in [9.17, 15) is 13.2 Å². The molecule has 0 aliphatic heterocycles. The topological polar surface area (TPSA) is 12.0 Å². The molecule has 1 unspecified atom stereocenters. The lowest BCUT2D eigenvalue weighted by atomic mass is 10.1. The summed E-state index contributed by atoms with van der Waals surface area (Å²) in [5.74, 6) is 0.893. The number of nitrogens with one attached hydrogen (secondary N) is 1. The Kier molecular flexibility index (Phi) is 12.7. The zero-order valence-electron chi connectivity index (χ0n) is 11.0. The third kappa shape index (κ3) is 19.3. The minimum atomic E-state index is -3.96. The predicted octanol–water partition coefficient (Wildman–Crippen LogP) is 4.38. The van der Waals surface area contributed by atoms with Crippen LogP contribution in [0.1, 0.15) is 53.4 Å². The van der Waals surface area contributed by atoms with Gasteiger partial charge in [0.15, 0.2) is 0 Å². The quantitative estimate of drug-likeness (QED) is 0.680. The fourth-order valence-corrected chi connectivity index (χ4v) is 0.854. The summed E-state index contributed by atoms with van der Waals surface area (Å²) in [5, 5.41) is 3.40. The van der Waals surface area contributed by atoms with E-state index in [0.717, 1.165) is 12.8 Å². The van der Waals surface area contributed by atoms with Gasteiger partial charge < -0.3 is 5.32 Å². The van der Waals surface area contributed by atoms with Crippen LogP contribution in [0.5, 0.6) is 0 Å². The van der Waals surface area contributed by atoms with Crippen LogP contribution < -0.4 is 5.32 Å². The Bertz CT molecular complexity index is 135. The van der Waals surface area contributed by atoms with Gasteiger partial charge in [0.05, 0.1) is 0 Å². The summed E-state index contributed by atoms with van der Waals surface area (Å²) in [6, 6.07) is 0. The SMILES string of the molecule is CCC(F)(F)F.CCCNCCC(C)CC. The van der Waals surface area contributed by atoms with Crippen LogP contribution in [0.25, 0.3) is 0 Å². The predicted molar refractivity (Wildman–Crippen MR) is 63.6 cm³/mol. The Labute approximate surface area is 97.8 Å². The van der Waals surface area contributed by atoms with E-state index in [4.69, 9.17) is 0 Å². The monoisotopic (exact) mass is 241 g/mol. The van der Waals surface area contributed by atoms with Crippen molar-refractivity contribution in [3.8, 4) is 0 Å². The molecule has 0 heterocycles. The van der Waals surface area contributed by atoms with Crippen LogP contribution in [0.4, 0.5) is 13.2 Å². The molecule has 0 rings (SSSR count). The fourth-order valence-electron chi connectivity index (χ4n) is 0.854. The number of rotatable bonds is 6. The molecule has 0 fully saturated rings. The summed E-state index contributed by atoms with van der Waals surface area (Å²) in [5.41, 5.74) is 0. The van der Waals surface area contributed by atoms with Gasteiger partial charge in [0.1, 0.15) is 0 Å². The molecule has 0 aromatic carbocycles. The second-order valence-electron chi connectivity index (χ2n) is 4.02. The summed E-state index contributed by atoms with van der Waals surface area (Å²) in [7, 11) is 0. The molecule has 0 saturated heterocycles. The van der Waals surface area contributed by atoms with Crippen LogP contribution in [0, 0.1) is 5.92 Å². The van der Waals surface area contributed by atoms with E-state index in [2.05, 4.69) is 26.1 Å². The van der Waals surface area contributed by atoms with Gasteiger partial charge in [-0.2, -0.15) is 13.2 Å². The lowest BCUT2D eigenvalue weighted by Crippen LogP contribution is -2.17. The highest BCUT2D eigenvalue weighted by Gasteiger charge is 2.22. The third-order valence-corrected chi connectivity index (χ3v) is 2.34. The van der Waals surface area contributed by atoms with Gasteiger partial charge in [0.25, 0.3) is 0 Å². The highest BCUT2D eigenvalue weighted by molar-refractivity contribution is 4.52. The summed E-state index contributed by atoms with van der Waals surface area (Å²) >= 11 is 0. The molecule has 4 heteroatoms. The van der Waals surface area contributed by atoms with Crippen molar-refractivity contribution in [3.63, 3.8) is 0 Å². The van der Waals surface area contributed by atoms with Gasteiger partial charge in [0.2, 0.25) is 0 Å². The number of halogens is 3. The van der Waals surface area contributed by atoms with Gasteiger partial charge in [-0.15, -0.1) is 0 Å². The van der Waals surface area contributed by atoms with E-state index in [1.807, 2.05) is 0 Å². The fraction of sp³-hybridized carbons (Fsp3) is 1.00. The maximum atomic E-state index is 10.8. The molecule has 0 aliphatic carbocycles. The Morgan fingerprint density at radius 3 is 1.88 bits per heavy atom. The van der Waals surface area contributed by atoms with Crippen LogP contribution in [0.2, 0.25) is 0 Å². The smallest absolute Gasteiger partial charge is 0.317 e. The van der Waals surface area contributed by atoms with Crippen molar-refractivity contribution in [1.29, 1.82) is 0 Å². The maximum Gasteiger partial charge on any atom is 0.388 e. The molecule has 1 atom stereocenters. The van der Waals surface area contributed by atoms with Gasteiger partial charge in [-0.3, -0.25) is 0 Å². The molecule has 1 nitrogen and oxygen atoms in total. The van der Waals surface area contributed by atoms with Gasteiger partial charge >= 0.3 is 6.18 Å². The molecule has 0 aromatic rings. The average molecular weight is 241 g/mol. The van der Waals surface area contributed by atoms with Crippen LogP contribution >= 0.6 is 0 Å². The molecule has 0 spiro atoms. The second-order valence-corrected chi connectivity index (χ2v) is 4.02. The van der Waals surface area contributed by atoms with Crippen molar-refractivity contribution >= 4 is 0 Å². The van der Waals surface area contributed by atoms with E-state index in [1.54, 1.807) is 0 Å². The first kappa shape index (κ1) is 18.1. The first-order valence-electron chi connectivity index (χ1n) is 6.14. The molecule has 16 heavy (non-hydrogen) atoms. The molecule has 0 radical (unpaired) electrons. The van der Waals surface area contributed by atoms with Crippen LogP contribution in [0.15, 0.2) is 0 Å². The molecule has 0 bridgehead atoms. The third-order valence-electron chi connectivity index (χ3n) is 2.34. The molecular weight excluding hydrogens is 215 g/mol. The summed E-state index contributed by atoms with van der Waals surface area (Å²) in [4.78, 5) is 0. The minimum Gasteiger partial charge on any atom is -0.317 e. The lowest BCUT2D eigenvalue weighted by Gasteiger charge is -2.07. The van der Waals surface area contributed by atoms with Crippen molar-refractivity contribution in [3.05, 3.63) is 0 Å².